The molecule has 2 aliphatic rings. The minimum Gasteiger partial charge on any atom is -0.340 e. The first-order valence-electron chi connectivity index (χ1n) is 6.55. The molecule has 2 heterocycles. The van der Waals surface area contributed by atoms with Gasteiger partial charge in [0, 0.05) is 38.6 Å². The van der Waals surface area contributed by atoms with E-state index in [4.69, 9.17) is 0 Å². The maximum Gasteiger partial charge on any atom is 0.225 e. The number of amides is 1. The Morgan fingerprint density at radius 2 is 2.06 bits per heavy atom. The van der Waals surface area contributed by atoms with Gasteiger partial charge >= 0.3 is 0 Å². The normalized spacial score (nSPS) is 24.2. The standard InChI is InChI=1S/C13H23N3O/c1-3-4-15-5-7-16(8-6-15)13(17)11(2)12-9-14-10-12/h3,11-12,14H,1,4-10H2,2H3. The van der Waals surface area contributed by atoms with Gasteiger partial charge in [-0.05, 0) is 19.0 Å². The summed E-state index contributed by atoms with van der Waals surface area (Å²) in [6.45, 7) is 12.5. The Labute approximate surface area is 104 Å². The van der Waals surface area contributed by atoms with E-state index in [2.05, 4.69) is 23.7 Å². The van der Waals surface area contributed by atoms with E-state index >= 15 is 0 Å². The lowest BCUT2D eigenvalue weighted by Gasteiger charge is -2.39. The van der Waals surface area contributed by atoms with Gasteiger partial charge in [0.2, 0.25) is 5.91 Å². The molecule has 1 N–H and O–H groups in total. The molecule has 0 bridgehead atoms. The maximum absolute atomic E-state index is 12.3. The summed E-state index contributed by atoms with van der Waals surface area (Å²) in [6.07, 6.45) is 1.93. The molecule has 0 aromatic rings. The van der Waals surface area contributed by atoms with Gasteiger partial charge in [-0.3, -0.25) is 9.69 Å². The second-order valence-electron chi connectivity index (χ2n) is 5.12. The van der Waals surface area contributed by atoms with Gasteiger partial charge in [-0.2, -0.15) is 0 Å². The Balaban J connectivity index is 1.79. The molecule has 0 aliphatic carbocycles. The highest BCUT2D eigenvalue weighted by molar-refractivity contribution is 5.79. The Morgan fingerprint density at radius 1 is 1.41 bits per heavy atom. The fraction of sp³-hybridized carbons (Fsp3) is 0.769. The second kappa shape index (κ2) is 5.65. The van der Waals surface area contributed by atoms with Gasteiger partial charge in [0.05, 0.1) is 0 Å². The molecule has 17 heavy (non-hydrogen) atoms. The van der Waals surface area contributed by atoms with Crippen LogP contribution in [0.4, 0.5) is 0 Å². The summed E-state index contributed by atoms with van der Waals surface area (Å²) in [7, 11) is 0. The van der Waals surface area contributed by atoms with Gasteiger partial charge in [0.25, 0.3) is 0 Å². The molecule has 1 amide bonds. The number of carbonyl (C=O) groups is 1. The summed E-state index contributed by atoms with van der Waals surface area (Å²) in [5.41, 5.74) is 0. The van der Waals surface area contributed by atoms with Crippen LogP contribution in [0.3, 0.4) is 0 Å². The highest BCUT2D eigenvalue weighted by Gasteiger charge is 2.32. The fourth-order valence-electron chi connectivity index (χ4n) is 2.49. The van der Waals surface area contributed by atoms with Crippen LogP contribution < -0.4 is 5.32 Å². The van der Waals surface area contributed by atoms with Crippen molar-refractivity contribution in [2.24, 2.45) is 11.8 Å². The van der Waals surface area contributed by atoms with Gasteiger partial charge in [0.1, 0.15) is 0 Å². The molecule has 2 fully saturated rings. The minimum absolute atomic E-state index is 0.183. The summed E-state index contributed by atoms with van der Waals surface area (Å²) in [6, 6.07) is 0. The smallest absolute Gasteiger partial charge is 0.225 e. The topological polar surface area (TPSA) is 35.6 Å². The van der Waals surface area contributed by atoms with Gasteiger partial charge in [0.15, 0.2) is 0 Å². The number of hydrogen-bond acceptors (Lipinski definition) is 3. The van der Waals surface area contributed by atoms with E-state index in [1.165, 1.54) is 0 Å². The minimum atomic E-state index is 0.183. The van der Waals surface area contributed by atoms with Crippen LogP contribution in [0, 0.1) is 11.8 Å². The zero-order chi connectivity index (χ0) is 12.3. The van der Waals surface area contributed by atoms with E-state index in [1.54, 1.807) is 0 Å². The van der Waals surface area contributed by atoms with Crippen molar-refractivity contribution >= 4 is 5.91 Å². The molecule has 0 spiro atoms. The van der Waals surface area contributed by atoms with Gasteiger partial charge in [-0.1, -0.05) is 13.0 Å². The molecule has 4 heteroatoms. The highest BCUT2D eigenvalue weighted by Crippen LogP contribution is 2.19. The summed E-state index contributed by atoms with van der Waals surface area (Å²) >= 11 is 0. The third-order valence-corrected chi connectivity index (χ3v) is 3.98. The predicted molar refractivity (Wildman–Crippen MR) is 68.7 cm³/mol. The van der Waals surface area contributed by atoms with Gasteiger partial charge in [-0.15, -0.1) is 6.58 Å². The average Bonchev–Trinajstić information content (AvgIpc) is 2.27. The summed E-state index contributed by atoms with van der Waals surface area (Å²) in [4.78, 5) is 16.6. The van der Waals surface area contributed by atoms with E-state index in [9.17, 15) is 4.79 Å². The average molecular weight is 237 g/mol. The second-order valence-corrected chi connectivity index (χ2v) is 5.12. The molecule has 0 aromatic heterocycles. The largest absolute Gasteiger partial charge is 0.340 e. The summed E-state index contributed by atoms with van der Waals surface area (Å²) < 4.78 is 0. The summed E-state index contributed by atoms with van der Waals surface area (Å²) in [5.74, 6) is 1.07. The molecule has 96 valence electrons. The third kappa shape index (κ3) is 2.87. The lowest BCUT2D eigenvalue weighted by Crippen LogP contribution is -2.54. The Morgan fingerprint density at radius 3 is 2.53 bits per heavy atom. The van der Waals surface area contributed by atoms with E-state index in [0.29, 0.717) is 11.8 Å². The molecule has 2 saturated heterocycles. The molecule has 0 saturated carbocycles. The molecule has 0 aromatic carbocycles. The van der Waals surface area contributed by atoms with Gasteiger partial charge < -0.3 is 10.2 Å². The molecule has 2 rings (SSSR count). The van der Waals surface area contributed by atoms with Gasteiger partial charge in [-0.25, -0.2) is 0 Å². The monoisotopic (exact) mass is 237 g/mol. The number of hydrogen-bond donors (Lipinski definition) is 1. The van der Waals surface area contributed by atoms with Crippen LogP contribution in [0.15, 0.2) is 12.7 Å². The SMILES string of the molecule is C=CCN1CCN(C(=O)C(C)C2CNC2)CC1. The predicted octanol–water partition coefficient (Wildman–Crippen LogP) is 0.172. The van der Waals surface area contributed by atoms with Crippen molar-refractivity contribution in [1.29, 1.82) is 0 Å². The first-order chi connectivity index (χ1) is 8.22. The molecule has 0 radical (unpaired) electrons. The van der Waals surface area contributed by atoms with Crippen LogP contribution in [0.25, 0.3) is 0 Å². The van der Waals surface area contributed by atoms with Crippen molar-refractivity contribution in [1.82, 2.24) is 15.1 Å². The Hall–Kier alpha value is -0.870. The molecule has 2 aliphatic heterocycles. The van der Waals surface area contributed by atoms with Crippen molar-refractivity contribution in [3.63, 3.8) is 0 Å². The zero-order valence-corrected chi connectivity index (χ0v) is 10.7. The molecule has 1 unspecified atom stereocenters. The number of nitrogens with one attached hydrogen (secondary N) is 1. The van der Waals surface area contributed by atoms with E-state index in [-0.39, 0.29) is 5.92 Å². The van der Waals surface area contributed by atoms with E-state index in [1.807, 2.05) is 11.0 Å². The van der Waals surface area contributed by atoms with Crippen molar-refractivity contribution in [2.45, 2.75) is 6.92 Å². The van der Waals surface area contributed by atoms with Crippen LogP contribution in [0.1, 0.15) is 6.92 Å². The van der Waals surface area contributed by atoms with Crippen molar-refractivity contribution in [3.8, 4) is 0 Å². The molecular formula is C13H23N3O. The lowest BCUT2D eigenvalue weighted by atomic mass is 9.88. The number of nitrogens with zero attached hydrogens (tertiary/aromatic N) is 2. The highest BCUT2D eigenvalue weighted by atomic mass is 16.2. The summed E-state index contributed by atoms with van der Waals surface area (Å²) in [5, 5.41) is 3.23. The van der Waals surface area contributed by atoms with Crippen LogP contribution in [-0.2, 0) is 4.79 Å². The van der Waals surface area contributed by atoms with Crippen LogP contribution in [0.2, 0.25) is 0 Å². The van der Waals surface area contributed by atoms with Crippen LogP contribution in [-0.4, -0.2) is 61.5 Å². The lowest BCUT2D eigenvalue weighted by molar-refractivity contribution is -0.139. The number of carbonyl (C=O) groups excluding carboxylic acids is 1. The first-order valence-corrected chi connectivity index (χ1v) is 6.55. The third-order valence-electron chi connectivity index (χ3n) is 3.98. The van der Waals surface area contributed by atoms with E-state index in [0.717, 1.165) is 45.8 Å². The zero-order valence-electron chi connectivity index (χ0n) is 10.7. The van der Waals surface area contributed by atoms with Crippen molar-refractivity contribution in [3.05, 3.63) is 12.7 Å². The first kappa shape index (κ1) is 12.6. The quantitative estimate of drug-likeness (QED) is 0.708. The Bertz CT molecular complexity index is 280. The molecule has 4 nitrogen and oxygen atoms in total. The number of rotatable bonds is 4. The maximum atomic E-state index is 12.3. The molecular weight excluding hydrogens is 214 g/mol. The van der Waals surface area contributed by atoms with E-state index < -0.39 is 0 Å². The number of piperazine rings is 1. The van der Waals surface area contributed by atoms with Crippen molar-refractivity contribution in [2.75, 3.05) is 45.8 Å². The molecule has 1 atom stereocenters. The van der Waals surface area contributed by atoms with Crippen molar-refractivity contribution < 1.29 is 4.79 Å². The fourth-order valence-corrected chi connectivity index (χ4v) is 2.49. The van der Waals surface area contributed by atoms with Crippen LogP contribution in [0.5, 0.6) is 0 Å². The Kier molecular flexibility index (Phi) is 4.18. The van der Waals surface area contributed by atoms with Crippen LogP contribution >= 0.6 is 0 Å².